The van der Waals surface area contributed by atoms with Gasteiger partial charge in [-0.3, -0.25) is 14.7 Å². The molecule has 8 heteroatoms. The molecular formula is C31H36N6O2. The van der Waals surface area contributed by atoms with Gasteiger partial charge in [-0.15, -0.1) is 10.2 Å². The monoisotopic (exact) mass is 524 g/mol. The molecule has 1 aliphatic rings. The maximum Gasteiger partial charge on any atom is 0.274 e. The van der Waals surface area contributed by atoms with Gasteiger partial charge in [0, 0.05) is 57.6 Å². The molecule has 1 saturated heterocycles. The van der Waals surface area contributed by atoms with Crippen molar-refractivity contribution in [1.29, 1.82) is 0 Å². The number of hydrogen-bond acceptors (Lipinski definition) is 7. The zero-order valence-electron chi connectivity index (χ0n) is 23.0. The number of pyridine rings is 1. The minimum atomic E-state index is -0.0691. The number of aromatic nitrogens is 3. The summed E-state index contributed by atoms with van der Waals surface area (Å²) in [7, 11) is 0. The number of carbonyl (C=O) groups excluding carboxylic acids is 1. The molecule has 2 aromatic heterocycles. The Hall–Kier alpha value is -4.04. The highest BCUT2D eigenvalue weighted by molar-refractivity contribution is 5.98. The molecule has 1 fully saturated rings. The number of fused-ring (bicyclic) bond motifs is 1. The number of piperazine rings is 1. The van der Waals surface area contributed by atoms with Crippen LogP contribution in [0.5, 0.6) is 5.75 Å². The molecule has 0 N–H and O–H groups in total. The lowest BCUT2D eigenvalue weighted by Gasteiger charge is -2.35. The molecular weight excluding hydrogens is 488 g/mol. The number of benzene rings is 2. The molecule has 0 aliphatic carbocycles. The van der Waals surface area contributed by atoms with Gasteiger partial charge in [0.1, 0.15) is 5.75 Å². The first kappa shape index (κ1) is 26.6. The van der Waals surface area contributed by atoms with E-state index >= 15 is 0 Å². The summed E-state index contributed by atoms with van der Waals surface area (Å²) in [6, 6.07) is 18.8. The molecule has 8 nitrogen and oxygen atoms in total. The molecule has 0 bridgehead atoms. The normalized spacial score (nSPS) is 14.0. The summed E-state index contributed by atoms with van der Waals surface area (Å²) >= 11 is 0. The Morgan fingerprint density at radius 2 is 1.67 bits per heavy atom. The summed E-state index contributed by atoms with van der Waals surface area (Å²) in [5, 5.41) is 11.1. The highest BCUT2D eigenvalue weighted by Gasteiger charge is 2.21. The molecule has 4 aromatic rings. The van der Waals surface area contributed by atoms with Gasteiger partial charge >= 0.3 is 0 Å². The number of rotatable bonds is 9. The standard InChI is InChI=1S/C31H36N6O2/c1-4-36(5-2)31(38)29-13-14-30(34-33-29)37-17-15-35(16-18-37)22-23-11-12-27(28-10-8-7-9-26(23)28)24-19-25(39-6-3)21-32-20-24/h7-14,19-21H,4-6,15-18,22H2,1-3H3. The molecule has 1 amide bonds. The number of anilines is 1. The van der Waals surface area contributed by atoms with E-state index in [0.29, 0.717) is 25.4 Å². The number of carbonyl (C=O) groups is 1. The van der Waals surface area contributed by atoms with Crippen LogP contribution in [0.1, 0.15) is 36.8 Å². The van der Waals surface area contributed by atoms with Gasteiger partial charge in [0.25, 0.3) is 5.91 Å². The Bertz CT molecular complexity index is 1410. The second-order valence-electron chi connectivity index (χ2n) is 9.68. The molecule has 1 aliphatic heterocycles. The third-order valence-electron chi connectivity index (χ3n) is 7.36. The lowest BCUT2D eigenvalue weighted by atomic mass is 9.95. The van der Waals surface area contributed by atoms with E-state index in [9.17, 15) is 4.79 Å². The predicted octanol–water partition coefficient (Wildman–Crippen LogP) is 4.89. The van der Waals surface area contributed by atoms with Crippen molar-refractivity contribution in [2.45, 2.75) is 27.3 Å². The average molecular weight is 525 g/mol. The fourth-order valence-corrected chi connectivity index (χ4v) is 5.22. The summed E-state index contributed by atoms with van der Waals surface area (Å²) in [4.78, 5) is 23.4. The SMILES string of the molecule is CCOc1cncc(-c2ccc(CN3CCN(c4ccc(C(=O)N(CC)CC)nn4)CC3)c3ccccc23)c1. The van der Waals surface area contributed by atoms with Crippen molar-refractivity contribution in [3.8, 4) is 16.9 Å². The first-order valence-electron chi connectivity index (χ1n) is 13.8. The molecule has 0 radical (unpaired) electrons. The summed E-state index contributed by atoms with van der Waals surface area (Å²) in [5.41, 5.74) is 3.94. The second kappa shape index (κ2) is 12.2. The van der Waals surface area contributed by atoms with E-state index in [2.05, 4.69) is 67.4 Å². The van der Waals surface area contributed by atoms with Crippen molar-refractivity contribution in [2.24, 2.45) is 0 Å². The fraction of sp³-hybridized carbons (Fsp3) is 0.355. The highest BCUT2D eigenvalue weighted by atomic mass is 16.5. The Kier molecular flexibility index (Phi) is 8.32. The van der Waals surface area contributed by atoms with Gasteiger partial charge in [0.2, 0.25) is 0 Å². The zero-order chi connectivity index (χ0) is 27.2. The van der Waals surface area contributed by atoms with E-state index < -0.39 is 0 Å². The molecule has 0 atom stereocenters. The minimum Gasteiger partial charge on any atom is -0.492 e. The zero-order valence-corrected chi connectivity index (χ0v) is 23.0. The lowest BCUT2D eigenvalue weighted by Crippen LogP contribution is -2.46. The molecule has 2 aromatic carbocycles. The molecule has 39 heavy (non-hydrogen) atoms. The molecule has 5 rings (SSSR count). The second-order valence-corrected chi connectivity index (χ2v) is 9.68. The van der Waals surface area contributed by atoms with E-state index in [1.165, 1.54) is 16.3 Å². The Morgan fingerprint density at radius 3 is 2.36 bits per heavy atom. The summed E-state index contributed by atoms with van der Waals surface area (Å²) in [5.74, 6) is 1.54. The van der Waals surface area contributed by atoms with E-state index in [1.54, 1.807) is 17.2 Å². The van der Waals surface area contributed by atoms with Crippen molar-refractivity contribution >= 4 is 22.5 Å². The van der Waals surface area contributed by atoms with Gasteiger partial charge in [0.05, 0.1) is 12.8 Å². The van der Waals surface area contributed by atoms with Gasteiger partial charge < -0.3 is 14.5 Å². The molecule has 0 saturated carbocycles. The summed E-state index contributed by atoms with van der Waals surface area (Å²) in [6.45, 7) is 12.3. The minimum absolute atomic E-state index is 0.0691. The van der Waals surface area contributed by atoms with Crippen LogP contribution in [0.25, 0.3) is 21.9 Å². The van der Waals surface area contributed by atoms with Crippen LogP contribution < -0.4 is 9.64 Å². The van der Waals surface area contributed by atoms with Crippen LogP contribution in [-0.2, 0) is 6.54 Å². The van der Waals surface area contributed by atoms with Crippen LogP contribution in [0.4, 0.5) is 5.82 Å². The molecule has 3 heterocycles. The fourth-order valence-electron chi connectivity index (χ4n) is 5.22. The first-order chi connectivity index (χ1) is 19.1. The van der Waals surface area contributed by atoms with Crippen LogP contribution in [0.15, 0.2) is 67.0 Å². The van der Waals surface area contributed by atoms with E-state index in [-0.39, 0.29) is 5.91 Å². The number of nitrogens with zero attached hydrogens (tertiary/aromatic N) is 6. The van der Waals surface area contributed by atoms with Gasteiger partial charge in [0.15, 0.2) is 11.5 Å². The van der Waals surface area contributed by atoms with E-state index in [0.717, 1.165) is 55.4 Å². The van der Waals surface area contributed by atoms with Crippen molar-refractivity contribution in [3.05, 3.63) is 78.2 Å². The van der Waals surface area contributed by atoms with Crippen LogP contribution >= 0.6 is 0 Å². The van der Waals surface area contributed by atoms with Gasteiger partial charge in [-0.05, 0) is 60.9 Å². The first-order valence-corrected chi connectivity index (χ1v) is 13.8. The predicted molar refractivity (Wildman–Crippen MR) is 155 cm³/mol. The van der Waals surface area contributed by atoms with E-state index in [1.807, 2.05) is 33.0 Å². The van der Waals surface area contributed by atoms with Gasteiger partial charge in [-0.1, -0.05) is 36.4 Å². The largest absolute Gasteiger partial charge is 0.492 e. The quantitative estimate of drug-likeness (QED) is 0.308. The van der Waals surface area contributed by atoms with Crippen molar-refractivity contribution in [1.82, 2.24) is 25.0 Å². The summed E-state index contributed by atoms with van der Waals surface area (Å²) < 4.78 is 5.68. The van der Waals surface area contributed by atoms with Crippen molar-refractivity contribution in [2.75, 3.05) is 50.8 Å². The topological polar surface area (TPSA) is 74.7 Å². The Balaban J connectivity index is 1.27. The maximum atomic E-state index is 12.5. The Morgan fingerprint density at radius 1 is 0.897 bits per heavy atom. The number of hydrogen-bond donors (Lipinski definition) is 0. The molecule has 0 spiro atoms. The molecule has 202 valence electrons. The number of ether oxygens (including phenoxy) is 1. The van der Waals surface area contributed by atoms with Crippen molar-refractivity contribution < 1.29 is 9.53 Å². The summed E-state index contributed by atoms with van der Waals surface area (Å²) in [6.07, 6.45) is 3.66. The Labute approximate surface area is 230 Å². The average Bonchev–Trinajstić information content (AvgIpc) is 2.99. The van der Waals surface area contributed by atoms with Gasteiger partial charge in [-0.25, -0.2) is 0 Å². The van der Waals surface area contributed by atoms with Crippen LogP contribution in [0.2, 0.25) is 0 Å². The van der Waals surface area contributed by atoms with Gasteiger partial charge in [-0.2, -0.15) is 0 Å². The molecule has 0 unspecified atom stereocenters. The van der Waals surface area contributed by atoms with Crippen LogP contribution in [-0.4, -0.2) is 76.8 Å². The number of amides is 1. The van der Waals surface area contributed by atoms with Crippen molar-refractivity contribution in [3.63, 3.8) is 0 Å². The van der Waals surface area contributed by atoms with E-state index in [4.69, 9.17) is 4.74 Å². The third-order valence-corrected chi connectivity index (χ3v) is 7.36. The van der Waals surface area contributed by atoms with Crippen LogP contribution in [0.3, 0.4) is 0 Å². The smallest absolute Gasteiger partial charge is 0.274 e. The highest BCUT2D eigenvalue weighted by Crippen LogP contribution is 2.32. The lowest BCUT2D eigenvalue weighted by molar-refractivity contribution is 0.0766. The third kappa shape index (κ3) is 5.86. The van der Waals surface area contributed by atoms with Crippen LogP contribution in [0, 0.1) is 0 Å². The maximum absolute atomic E-state index is 12.5.